The van der Waals surface area contributed by atoms with Crippen LogP contribution in [0.5, 0.6) is 0 Å². The molecule has 0 nitrogen and oxygen atoms in total. The van der Waals surface area contributed by atoms with Crippen LogP contribution in [-0.2, 0) is 0 Å². The molecule has 0 radical (unpaired) electrons. The molecule has 0 aromatic heterocycles. The maximum absolute atomic E-state index is 2.31. The molecule has 0 bridgehead atoms. The largest absolute Gasteiger partial charge is 0.153 e. The van der Waals surface area contributed by atoms with Crippen molar-refractivity contribution in [2.24, 2.45) is 5.92 Å². The summed E-state index contributed by atoms with van der Waals surface area (Å²) in [5, 5.41) is 2.21. The van der Waals surface area contributed by atoms with Crippen molar-refractivity contribution < 1.29 is 0 Å². The van der Waals surface area contributed by atoms with E-state index in [0.717, 1.165) is 16.4 Å². The van der Waals surface area contributed by atoms with Gasteiger partial charge in [0.15, 0.2) is 0 Å². The second-order valence-corrected chi connectivity index (χ2v) is 5.16. The Kier molecular flexibility index (Phi) is 1.94. The summed E-state index contributed by atoms with van der Waals surface area (Å²) in [6.07, 6.45) is 7.49. The molecule has 0 aromatic carbocycles. The van der Waals surface area contributed by atoms with Gasteiger partial charge in [0.2, 0.25) is 0 Å². The highest BCUT2D eigenvalue weighted by Gasteiger charge is 2.42. The summed E-state index contributed by atoms with van der Waals surface area (Å²) >= 11 is 2.23. The van der Waals surface area contributed by atoms with Crippen LogP contribution in [0.15, 0.2) is 0 Å². The van der Waals surface area contributed by atoms with Crippen molar-refractivity contribution in [3.63, 3.8) is 0 Å². The monoisotopic (exact) mass is 156 g/mol. The Bertz CT molecular complexity index is 122. The number of rotatable bonds is 2. The van der Waals surface area contributed by atoms with Gasteiger partial charge in [0.25, 0.3) is 0 Å². The van der Waals surface area contributed by atoms with Gasteiger partial charge >= 0.3 is 0 Å². The minimum absolute atomic E-state index is 1.10. The second-order valence-electron chi connectivity index (χ2n) is 3.68. The van der Waals surface area contributed by atoms with E-state index >= 15 is 0 Å². The van der Waals surface area contributed by atoms with Crippen molar-refractivity contribution >= 4 is 11.8 Å². The van der Waals surface area contributed by atoms with E-state index in [2.05, 4.69) is 18.7 Å². The molecule has 2 fully saturated rings. The first-order chi connectivity index (χ1) is 4.90. The van der Waals surface area contributed by atoms with E-state index in [4.69, 9.17) is 0 Å². The molecular formula is C9H16S. The molecule has 2 aliphatic rings. The van der Waals surface area contributed by atoms with E-state index in [1.807, 2.05) is 0 Å². The average molecular weight is 156 g/mol. The number of hydrogen-bond acceptors (Lipinski definition) is 1. The first-order valence-electron chi connectivity index (χ1n) is 4.55. The van der Waals surface area contributed by atoms with Crippen LogP contribution < -0.4 is 0 Å². The summed E-state index contributed by atoms with van der Waals surface area (Å²) in [6, 6.07) is 0. The van der Waals surface area contributed by atoms with E-state index in [-0.39, 0.29) is 0 Å². The predicted octanol–water partition coefficient (Wildman–Crippen LogP) is 3.07. The molecule has 3 atom stereocenters. The van der Waals surface area contributed by atoms with Crippen LogP contribution in [0, 0.1) is 5.92 Å². The Morgan fingerprint density at radius 3 is 2.90 bits per heavy atom. The van der Waals surface area contributed by atoms with Crippen molar-refractivity contribution in [2.75, 3.05) is 0 Å². The van der Waals surface area contributed by atoms with E-state index in [0.29, 0.717) is 0 Å². The van der Waals surface area contributed by atoms with Crippen molar-refractivity contribution in [3.05, 3.63) is 0 Å². The molecule has 1 aliphatic heterocycles. The fourth-order valence-electron chi connectivity index (χ4n) is 2.16. The van der Waals surface area contributed by atoms with Crippen LogP contribution in [0.3, 0.4) is 0 Å². The smallest absolute Gasteiger partial charge is 0.0172 e. The fourth-order valence-corrected chi connectivity index (χ4v) is 3.42. The Morgan fingerprint density at radius 2 is 2.20 bits per heavy atom. The van der Waals surface area contributed by atoms with Gasteiger partial charge in [-0.2, -0.15) is 11.8 Å². The summed E-state index contributed by atoms with van der Waals surface area (Å²) in [6.45, 7) is 2.31. The number of hydrogen-bond donors (Lipinski definition) is 0. The van der Waals surface area contributed by atoms with Crippen molar-refractivity contribution in [1.82, 2.24) is 0 Å². The first-order valence-corrected chi connectivity index (χ1v) is 5.50. The Labute approximate surface area is 67.8 Å². The molecule has 2 rings (SSSR count). The zero-order chi connectivity index (χ0) is 6.97. The molecule has 1 heterocycles. The van der Waals surface area contributed by atoms with Crippen molar-refractivity contribution in [3.8, 4) is 0 Å². The highest BCUT2D eigenvalue weighted by Crippen LogP contribution is 2.53. The van der Waals surface area contributed by atoms with Gasteiger partial charge in [0.1, 0.15) is 0 Å². The Morgan fingerprint density at radius 1 is 1.30 bits per heavy atom. The number of fused-ring (bicyclic) bond motifs is 1. The van der Waals surface area contributed by atoms with Gasteiger partial charge in [-0.1, -0.05) is 19.8 Å². The van der Waals surface area contributed by atoms with Gasteiger partial charge in [-0.05, 0) is 25.2 Å². The quantitative estimate of drug-likeness (QED) is 0.554. The average Bonchev–Trinajstić information content (AvgIpc) is 2.66. The topological polar surface area (TPSA) is 0 Å². The molecule has 0 spiro atoms. The summed E-state index contributed by atoms with van der Waals surface area (Å²) in [4.78, 5) is 0. The zero-order valence-corrected chi connectivity index (χ0v) is 7.49. The Balaban J connectivity index is 1.77. The van der Waals surface area contributed by atoms with Gasteiger partial charge in [0.05, 0.1) is 0 Å². The van der Waals surface area contributed by atoms with Gasteiger partial charge in [-0.3, -0.25) is 0 Å². The molecule has 0 aromatic rings. The third kappa shape index (κ3) is 1.34. The van der Waals surface area contributed by atoms with Crippen LogP contribution in [0.2, 0.25) is 0 Å². The minimum Gasteiger partial charge on any atom is -0.153 e. The van der Waals surface area contributed by atoms with E-state index in [1.165, 1.54) is 25.7 Å². The van der Waals surface area contributed by atoms with Gasteiger partial charge in [-0.25, -0.2) is 0 Å². The normalized spacial score (nSPS) is 44.7. The van der Waals surface area contributed by atoms with Crippen molar-refractivity contribution in [2.45, 2.75) is 49.5 Å². The predicted molar refractivity (Wildman–Crippen MR) is 47.4 cm³/mol. The maximum atomic E-state index is 2.31. The summed E-state index contributed by atoms with van der Waals surface area (Å²) < 4.78 is 0. The lowest BCUT2D eigenvalue weighted by Crippen LogP contribution is -2.12. The summed E-state index contributed by atoms with van der Waals surface area (Å²) in [5.74, 6) is 1.10. The molecule has 1 aliphatic carbocycles. The van der Waals surface area contributed by atoms with Crippen LogP contribution in [0.25, 0.3) is 0 Å². The summed E-state index contributed by atoms with van der Waals surface area (Å²) in [5.41, 5.74) is 0. The van der Waals surface area contributed by atoms with E-state index < -0.39 is 0 Å². The molecule has 1 saturated carbocycles. The van der Waals surface area contributed by atoms with Crippen molar-refractivity contribution in [1.29, 1.82) is 0 Å². The molecule has 1 heteroatoms. The van der Waals surface area contributed by atoms with Gasteiger partial charge in [-0.15, -0.1) is 0 Å². The third-order valence-electron chi connectivity index (χ3n) is 2.81. The number of thioether (sulfide) groups is 1. The highest BCUT2D eigenvalue weighted by molar-refractivity contribution is 8.07. The molecule has 10 heavy (non-hydrogen) atoms. The van der Waals surface area contributed by atoms with Crippen LogP contribution in [0.1, 0.15) is 39.0 Å². The minimum atomic E-state index is 1.10. The van der Waals surface area contributed by atoms with Crippen LogP contribution >= 0.6 is 11.8 Å². The summed E-state index contributed by atoms with van der Waals surface area (Å²) in [7, 11) is 0. The lowest BCUT2D eigenvalue weighted by atomic mass is 9.86. The second kappa shape index (κ2) is 2.77. The maximum Gasteiger partial charge on any atom is 0.0172 e. The lowest BCUT2D eigenvalue weighted by molar-refractivity contribution is 0.370. The molecular weight excluding hydrogens is 140 g/mol. The molecule has 0 N–H and O–H groups in total. The standard InChI is InChI=1S/C9H16S/c1-2-3-7-4-5-8-9(6-7)10-8/h7-9H,2-6H2,1H3/t7?,8?,9-/m1/s1. The first kappa shape index (κ1) is 7.02. The van der Waals surface area contributed by atoms with Crippen LogP contribution in [-0.4, -0.2) is 10.5 Å². The molecule has 58 valence electrons. The highest BCUT2D eigenvalue weighted by atomic mass is 32.2. The molecule has 2 unspecified atom stereocenters. The molecule has 0 amide bonds. The lowest BCUT2D eigenvalue weighted by Gasteiger charge is -2.18. The SMILES string of the molecule is CCCC1CCC2S[C@@H]2C1. The van der Waals surface area contributed by atoms with Crippen LogP contribution in [0.4, 0.5) is 0 Å². The molecule has 1 saturated heterocycles. The Hall–Kier alpha value is 0.350. The van der Waals surface area contributed by atoms with Gasteiger partial charge in [0, 0.05) is 10.5 Å². The van der Waals surface area contributed by atoms with E-state index in [9.17, 15) is 0 Å². The zero-order valence-electron chi connectivity index (χ0n) is 6.68. The third-order valence-corrected chi connectivity index (χ3v) is 4.28. The van der Waals surface area contributed by atoms with E-state index in [1.54, 1.807) is 6.42 Å². The fraction of sp³-hybridized carbons (Fsp3) is 1.00. The van der Waals surface area contributed by atoms with Gasteiger partial charge < -0.3 is 0 Å².